The van der Waals surface area contributed by atoms with Crippen molar-refractivity contribution in [2.24, 2.45) is 0 Å². The first-order chi connectivity index (χ1) is 14.5. The van der Waals surface area contributed by atoms with Crippen LogP contribution in [-0.2, 0) is 4.79 Å². The zero-order valence-electron chi connectivity index (χ0n) is 15.5. The summed E-state index contributed by atoms with van der Waals surface area (Å²) in [7, 11) is 0. The highest BCUT2D eigenvalue weighted by molar-refractivity contribution is 6.32. The summed E-state index contributed by atoms with van der Waals surface area (Å²) in [5.41, 5.74) is 4.02. The monoisotopic (exact) mass is 435 g/mol. The standard InChI is InChI=1S/C23H15Cl2N3O2/c24-17-8-5-7-16(14-17)22-26-20-11-4-2-9-18(20)23(30)28(22)27-21(29)13-12-15-6-1-3-10-19(15)25/h1-14H,(H,27,29). The summed E-state index contributed by atoms with van der Waals surface area (Å²) in [6.45, 7) is 0. The number of hydrogen-bond acceptors (Lipinski definition) is 3. The molecule has 0 unspecified atom stereocenters. The fraction of sp³-hybridized carbons (Fsp3) is 0. The maximum absolute atomic E-state index is 13.1. The summed E-state index contributed by atoms with van der Waals surface area (Å²) in [5, 5.41) is 1.40. The van der Waals surface area contributed by atoms with Gasteiger partial charge in [-0.2, -0.15) is 4.68 Å². The molecule has 30 heavy (non-hydrogen) atoms. The van der Waals surface area contributed by atoms with Crippen LogP contribution in [0.2, 0.25) is 10.0 Å². The van der Waals surface area contributed by atoms with Gasteiger partial charge in [-0.3, -0.25) is 15.0 Å². The molecule has 0 radical (unpaired) electrons. The number of nitrogens with one attached hydrogen (secondary N) is 1. The van der Waals surface area contributed by atoms with Crippen molar-refractivity contribution in [1.82, 2.24) is 9.66 Å². The number of aromatic nitrogens is 2. The second-order valence-electron chi connectivity index (χ2n) is 6.43. The van der Waals surface area contributed by atoms with Gasteiger partial charge in [-0.05, 0) is 42.0 Å². The Morgan fingerprint density at radius 3 is 2.53 bits per heavy atom. The molecule has 4 aromatic rings. The number of carbonyl (C=O) groups excluding carboxylic acids is 1. The molecule has 0 aliphatic rings. The Morgan fingerprint density at radius 1 is 0.967 bits per heavy atom. The van der Waals surface area contributed by atoms with Gasteiger partial charge in [0.15, 0.2) is 5.82 Å². The van der Waals surface area contributed by atoms with Gasteiger partial charge in [-0.25, -0.2) is 4.98 Å². The smallest absolute Gasteiger partial charge is 0.268 e. The molecule has 4 rings (SSSR count). The van der Waals surface area contributed by atoms with Gasteiger partial charge in [0.2, 0.25) is 0 Å². The molecule has 0 spiro atoms. The van der Waals surface area contributed by atoms with Gasteiger partial charge in [-0.1, -0.05) is 65.7 Å². The highest BCUT2D eigenvalue weighted by Gasteiger charge is 2.14. The predicted molar refractivity (Wildman–Crippen MR) is 121 cm³/mol. The van der Waals surface area contributed by atoms with Crippen molar-refractivity contribution >= 4 is 46.1 Å². The Labute approximate surface area is 182 Å². The molecule has 1 amide bonds. The van der Waals surface area contributed by atoms with Crippen molar-refractivity contribution in [3.05, 3.63) is 105 Å². The van der Waals surface area contributed by atoms with Crippen LogP contribution < -0.4 is 11.0 Å². The van der Waals surface area contributed by atoms with Crippen molar-refractivity contribution in [2.75, 3.05) is 5.43 Å². The molecule has 3 aromatic carbocycles. The first-order valence-electron chi connectivity index (χ1n) is 9.04. The maximum atomic E-state index is 13.1. The van der Waals surface area contributed by atoms with Crippen LogP contribution in [0.25, 0.3) is 28.4 Å². The quantitative estimate of drug-likeness (QED) is 0.450. The highest BCUT2D eigenvalue weighted by Crippen LogP contribution is 2.22. The van der Waals surface area contributed by atoms with E-state index in [-0.39, 0.29) is 5.82 Å². The zero-order valence-corrected chi connectivity index (χ0v) is 17.1. The minimum Gasteiger partial charge on any atom is -0.268 e. The average molecular weight is 436 g/mol. The Kier molecular flexibility index (Phi) is 5.65. The second kappa shape index (κ2) is 8.53. The largest absolute Gasteiger partial charge is 0.280 e. The van der Waals surface area contributed by atoms with Crippen LogP contribution in [0.5, 0.6) is 0 Å². The minimum absolute atomic E-state index is 0.278. The number of fused-ring (bicyclic) bond motifs is 1. The lowest BCUT2D eigenvalue weighted by molar-refractivity contribution is -0.112. The number of rotatable bonds is 4. The van der Waals surface area contributed by atoms with E-state index >= 15 is 0 Å². The van der Waals surface area contributed by atoms with E-state index in [1.807, 2.05) is 6.07 Å². The SMILES string of the molecule is O=C(C=Cc1ccccc1Cl)Nn1c(-c2cccc(Cl)c2)nc2ccccc2c1=O. The number of para-hydroxylation sites is 1. The summed E-state index contributed by atoms with van der Waals surface area (Å²) in [6.07, 6.45) is 2.89. The van der Waals surface area contributed by atoms with Crippen LogP contribution in [0.15, 0.2) is 83.7 Å². The van der Waals surface area contributed by atoms with Crippen LogP contribution in [-0.4, -0.2) is 15.6 Å². The van der Waals surface area contributed by atoms with Crippen LogP contribution in [0.3, 0.4) is 0 Å². The van der Waals surface area contributed by atoms with Gasteiger partial charge in [-0.15, -0.1) is 0 Å². The number of carbonyl (C=O) groups is 1. The average Bonchev–Trinajstić information content (AvgIpc) is 2.75. The Hall–Kier alpha value is -3.41. The normalized spacial score (nSPS) is 11.1. The molecule has 0 aliphatic heterocycles. The summed E-state index contributed by atoms with van der Waals surface area (Å²) < 4.78 is 1.13. The third-order valence-corrected chi connectivity index (χ3v) is 4.98. The van der Waals surface area contributed by atoms with E-state index < -0.39 is 11.5 Å². The van der Waals surface area contributed by atoms with E-state index in [0.29, 0.717) is 32.1 Å². The lowest BCUT2D eigenvalue weighted by Gasteiger charge is -2.14. The molecule has 0 fully saturated rings. The van der Waals surface area contributed by atoms with Crippen LogP contribution in [0.4, 0.5) is 0 Å². The second-order valence-corrected chi connectivity index (χ2v) is 7.28. The molecule has 0 saturated heterocycles. The Bertz CT molecular complexity index is 1350. The summed E-state index contributed by atoms with van der Waals surface area (Å²) >= 11 is 12.2. The summed E-state index contributed by atoms with van der Waals surface area (Å²) in [6, 6.07) is 21.0. The van der Waals surface area contributed by atoms with Crippen LogP contribution in [0.1, 0.15) is 5.56 Å². The van der Waals surface area contributed by atoms with Gasteiger partial charge in [0.1, 0.15) is 0 Å². The topological polar surface area (TPSA) is 64.0 Å². The van der Waals surface area contributed by atoms with Crippen molar-refractivity contribution in [3.63, 3.8) is 0 Å². The molecule has 1 N–H and O–H groups in total. The van der Waals surface area contributed by atoms with E-state index in [4.69, 9.17) is 23.2 Å². The predicted octanol–water partition coefficient (Wildman–Crippen LogP) is 5.15. The molecule has 1 heterocycles. The first kappa shape index (κ1) is 19.9. The maximum Gasteiger partial charge on any atom is 0.280 e. The number of halogens is 2. The van der Waals surface area contributed by atoms with Gasteiger partial charge >= 0.3 is 0 Å². The zero-order chi connectivity index (χ0) is 21.1. The molecule has 0 saturated carbocycles. The summed E-state index contributed by atoms with van der Waals surface area (Å²) in [4.78, 5) is 30.3. The van der Waals surface area contributed by atoms with Crippen molar-refractivity contribution < 1.29 is 4.79 Å². The molecule has 7 heteroatoms. The van der Waals surface area contributed by atoms with E-state index in [1.165, 1.54) is 6.08 Å². The van der Waals surface area contributed by atoms with Gasteiger partial charge < -0.3 is 0 Å². The molecular formula is C23H15Cl2N3O2. The molecule has 0 aliphatic carbocycles. The Balaban J connectivity index is 1.78. The Morgan fingerprint density at radius 2 is 1.73 bits per heavy atom. The first-order valence-corrected chi connectivity index (χ1v) is 9.80. The number of benzene rings is 3. The minimum atomic E-state index is -0.502. The van der Waals surface area contributed by atoms with E-state index in [1.54, 1.807) is 72.8 Å². The lowest BCUT2D eigenvalue weighted by atomic mass is 10.2. The highest BCUT2D eigenvalue weighted by atomic mass is 35.5. The van der Waals surface area contributed by atoms with Crippen molar-refractivity contribution in [2.45, 2.75) is 0 Å². The molecule has 148 valence electrons. The van der Waals surface area contributed by atoms with E-state index in [9.17, 15) is 9.59 Å². The fourth-order valence-corrected chi connectivity index (χ4v) is 3.37. The van der Waals surface area contributed by atoms with Crippen molar-refractivity contribution in [1.29, 1.82) is 0 Å². The van der Waals surface area contributed by atoms with E-state index in [2.05, 4.69) is 10.4 Å². The van der Waals surface area contributed by atoms with Crippen LogP contribution in [0, 0.1) is 0 Å². The molecule has 0 bridgehead atoms. The van der Waals surface area contributed by atoms with Crippen LogP contribution >= 0.6 is 23.2 Å². The van der Waals surface area contributed by atoms with Crippen molar-refractivity contribution in [3.8, 4) is 11.4 Å². The lowest BCUT2D eigenvalue weighted by Crippen LogP contribution is -2.34. The number of hydrogen-bond donors (Lipinski definition) is 1. The fourth-order valence-electron chi connectivity index (χ4n) is 2.98. The van der Waals surface area contributed by atoms with Gasteiger partial charge in [0.05, 0.1) is 10.9 Å². The summed E-state index contributed by atoms with van der Waals surface area (Å²) in [5.74, 6) is -0.224. The molecule has 5 nitrogen and oxygen atoms in total. The third-order valence-electron chi connectivity index (χ3n) is 4.40. The number of amides is 1. The molecule has 1 aromatic heterocycles. The third kappa shape index (κ3) is 4.13. The molecule has 0 atom stereocenters. The van der Waals surface area contributed by atoms with Gasteiger partial charge in [0.25, 0.3) is 11.5 Å². The van der Waals surface area contributed by atoms with Gasteiger partial charge in [0, 0.05) is 21.7 Å². The number of nitrogens with zero attached hydrogens (tertiary/aromatic N) is 2. The molecular weight excluding hydrogens is 421 g/mol. The van der Waals surface area contributed by atoms with E-state index in [0.717, 1.165) is 4.68 Å².